The normalized spacial score (nSPS) is 18.3. The number of rotatable bonds is 13. The molecule has 2 rings (SSSR count). The van der Waals surface area contributed by atoms with Gasteiger partial charge in [0.05, 0.1) is 32.8 Å². The minimum atomic E-state index is -1.13. The second-order valence-corrected chi connectivity index (χ2v) is 7.59. The average molecular weight is 450 g/mol. The van der Waals surface area contributed by atoms with Crippen molar-refractivity contribution in [2.45, 2.75) is 44.7 Å². The summed E-state index contributed by atoms with van der Waals surface area (Å²) < 4.78 is 10.7. The summed E-state index contributed by atoms with van der Waals surface area (Å²) in [4.78, 5) is 49.5. The number of aldehydes is 1. The van der Waals surface area contributed by atoms with Crippen LogP contribution in [0.5, 0.6) is 11.5 Å². The van der Waals surface area contributed by atoms with Crippen LogP contribution >= 0.6 is 0 Å². The van der Waals surface area contributed by atoms with E-state index in [0.717, 1.165) is 12.8 Å². The van der Waals surface area contributed by atoms with Crippen LogP contribution in [0.4, 0.5) is 0 Å². The largest absolute Gasteiger partial charge is 0.494 e. The molecule has 0 aliphatic heterocycles. The van der Waals surface area contributed by atoms with Crippen molar-refractivity contribution in [3.05, 3.63) is 24.3 Å². The van der Waals surface area contributed by atoms with Crippen molar-refractivity contribution in [3.63, 3.8) is 0 Å². The van der Waals surface area contributed by atoms with E-state index in [9.17, 15) is 29.4 Å². The summed E-state index contributed by atoms with van der Waals surface area (Å²) in [6.45, 7) is 1.29. The third-order valence-corrected chi connectivity index (χ3v) is 5.32. The van der Waals surface area contributed by atoms with Crippen molar-refractivity contribution in [2.75, 3.05) is 32.8 Å². The fraction of sp³-hybridized carbons (Fsp3) is 0.545. The number of hydrogen-bond acceptors (Lipinski definition) is 8. The van der Waals surface area contributed by atoms with Crippen molar-refractivity contribution in [1.82, 2.24) is 9.80 Å². The molecule has 0 unspecified atom stereocenters. The maximum atomic E-state index is 12.6. The molecule has 10 heteroatoms. The van der Waals surface area contributed by atoms with Gasteiger partial charge in [0.1, 0.15) is 17.8 Å². The number of hydrogen-bond donors (Lipinski definition) is 2. The zero-order chi connectivity index (χ0) is 23.5. The van der Waals surface area contributed by atoms with Gasteiger partial charge < -0.3 is 24.5 Å². The predicted octanol–water partition coefficient (Wildman–Crippen LogP) is 1.27. The Morgan fingerprint density at radius 3 is 1.97 bits per heavy atom. The summed E-state index contributed by atoms with van der Waals surface area (Å²) in [6.07, 6.45) is 3.51. The zero-order valence-electron chi connectivity index (χ0n) is 18.1. The first-order valence-corrected chi connectivity index (χ1v) is 10.6. The van der Waals surface area contributed by atoms with Crippen LogP contribution in [0.15, 0.2) is 24.3 Å². The van der Waals surface area contributed by atoms with Gasteiger partial charge in [0.2, 0.25) is 0 Å². The molecule has 10 nitrogen and oxygen atoms in total. The molecule has 0 saturated heterocycles. The van der Waals surface area contributed by atoms with Gasteiger partial charge in [-0.25, -0.2) is 0 Å². The quantitative estimate of drug-likeness (QED) is 0.257. The van der Waals surface area contributed by atoms with E-state index >= 15 is 0 Å². The van der Waals surface area contributed by atoms with Gasteiger partial charge in [-0.05, 0) is 44.0 Å². The molecule has 0 radical (unpaired) electrons. The van der Waals surface area contributed by atoms with Gasteiger partial charge in [-0.3, -0.25) is 24.2 Å². The Hall–Kier alpha value is -2.98. The molecule has 1 saturated carbocycles. The van der Waals surface area contributed by atoms with E-state index in [1.807, 2.05) is 6.92 Å². The number of esters is 1. The Morgan fingerprint density at radius 1 is 0.938 bits per heavy atom. The molecule has 1 fully saturated rings. The van der Waals surface area contributed by atoms with Crippen LogP contribution in [-0.2, 0) is 19.2 Å². The Bertz CT molecular complexity index is 767. The number of aliphatic carboxylic acids is 2. The van der Waals surface area contributed by atoms with Crippen molar-refractivity contribution >= 4 is 24.2 Å². The summed E-state index contributed by atoms with van der Waals surface area (Å²) >= 11 is 0. The second-order valence-electron chi connectivity index (χ2n) is 7.59. The Morgan fingerprint density at radius 2 is 1.47 bits per heavy atom. The molecule has 1 aliphatic carbocycles. The molecule has 0 spiro atoms. The molecule has 2 atom stereocenters. The van der Waals surface area contributed by atoms with Crippen LogP contribution in [0, 0.1) is 0 Å². The maximum Gasteiger partial charge on any atom is 0.325 e. The number of nitrogens with zero attached hydrogens (tertiary/aromatic N) is 2. The van der Waals surface area contributed by atoms with E-state index in [2.05, 4.69) is 0 Å². The highest BCUT2D eigenvalue weighted by Gasteiger charge is 2.36. The highest BCUT2D eigenvalue weighted by Crippen LogP contribution is 2.27. The second kappa shape index (κ2) is 12.8. The van der Waals surface area contributed by atoms with Crippen LogP contribution in [0.1, 0.15) is 32.6 Å². The molecule has 0 heterocycles. The summed E-state index contributed by atoms with van der Waals surface area (Å²) in [7, 11) is 0. The van der Waals surface area contributed by atoms with Gasteiger partial charge in [-0.15, -0.1) is 0 Å². The first-order valence-electron chi connectivity index (χ1n) is 10.6. The number of benzene rings is 1. The molecule has 32 heavy (non-hydrogen) atoms. The van der Waals surface area contributed by atoms with Gasteiger partial charge >= 0.3 is 17.9 Å². The maximum absolute atomic E-state index is 12.6. The monoisotopic (exact) mass is 450 g/mol. The molecular formula is C22H30N2O8. The molecule has 2 N–H and O–H groups in total. The lowest BCUT2D eigenvalue weighted by Gasteiger charge is -2.43. The van der Waals surface area contributed by atoms with Crippen molar-refractivity contribution in [2.24, 2.45) is 0 Å². The van der Waals surface area contributed by atoms with Crippen molar-refractivity contribution in [3.8, 4) is 11.5 Å². The summed E-state index contributed by atoms with van der Waals surface area (Å²) in [5.74, 6) is -1.84. The van der Waals surface area contributed by atoms with E-state index in [-0.39, 0.29) is 19.1 Å². The van der Waals surface area contributed by atoms with Gasteiger partial charge in [0.15, 0.2) is 0 Å². The van der Waals surface area contributed by atoms with Gasteiger partial charge in [-0.2, -0.15) is 0 Å². The molecule has 1 aromatic rings. The minimum absolute atomic E-state index is 0.0481. The highest BCUT2D eigenvalue weighted by molar-refractivity contribution is 5.75. The minimum Gasteiger partial charge on any atom is -0.494 e. The van der Waals surface area contributed by atoms with E-state index in [4.69, 9.17) is 9.47 Å². The lowest BCUT2D eigenvalue weighted by molar-refractivity contribution is -0.145. The molecule has 1 aliphatic rings. The summed E-state index contributed by atoms with van der Waals surface area (Å²) in [5.41, 5.74) is 0. The number of carbonyl (C=O) groups is 4. The fourth-order valence-corrected chi connectivity index (χ4v) is 4.09. The third kappa shape index (κ3) is 7.93. The first-order chi connectivity index (χ1) is 15.3. The lowest BCUT2D eigenvalue weighted by Crippen LogP contribution is -2.57. The lowest BCUT2D eigenvalue weighted by atomic mass is 9.87. The van der Waals surface area contributed by atoms with E-state index < -0.39 is 37.0 Å². The number of ether oxygens (including phenoxy) is 2. The van der Waals surface area contributed by atoms with Gasteiger partial charge in [0.25, 0.3) is 0 Å². The molecule has 0 aromatic heterocycles. The zero-order valence-corrected chi connectivity index (χ0v) is 18.1. The van der Waals surface area contributed by atoms with Gasteiger partial charge in [0, 0.05) is 12.1 Å². The topological polar surface area (TPSA) is 134 Å². The standard InChI is InChI=1S/C22H30N2O8/c1-2-31-16-7-9-17(10-8-16)32-22(30)15-23(11-12-25)18-5-3-4-6-19(18)24(13-20(26)27)14-21(28)29/h7-10,12,18-19H,2-6,11,13-15H2,1H3,(H,26,27)(H,28,29)/t18-,19-/m0/s1. The van der Waals surface area contributed by atoms with Crippen molar-refractivity contribution < 1.29 is 38.9 Å². The Balaban J connectivity index is 2.12. The predicted molar refractivity (Wildman–Crippen MR) is 114 cm³/mol. The first kappa shape index (κ1) is 25.3. The fourth-order valence-electron chi connectivity index (χ4n) is 4.09. The molecule has 0 amide bonds. The van der Waals surface area contributed by atoms with Crippen molar-refractivity contribution in [1.29, 1.82) is 0 Å². The summed E-state index contributed by atoms with van der Waals surface area (Å²) in [5, 5.41) is 18.5. The number of carboxylic acid groups (broad SMARTS) is 2. The van der Waals surface area contributed by atoms with Gasteiger partial charge in [-0.1, -0.05) is 12.8 Å². The van der Waals surface area contributed by atoms with E-state index in [1.165, 1.54) is 4.90 Å². The van der Waals surface area contributed by atoms with Crippen LogP contribution < -0.4 is 9.47 Å². The smallest absolute Gasteiger partial charge is 0.325 e. The average Bonchev–Trinajstić information content (AvgIpc) is 2.74. The third-order valence-electron chi connectivity index (χ3n) is 5.32. The highest BCUT2D eigenvalue weighted by atomic mass is 16.5. The molecule has 0 bridgehead atoms. The van der Waals surface area contributed by atoms with Crippen LogP contribution in [0.25, 0.3) is 0 Å². The van der Waals surface area contributed by atoms with Crippen LogP contribution in [-0.4, -0.2) is 89.1 Å². The Kier molecular flexibility index (Phi) is 10.1. The van der Waals surface area contributed by atoms with Crippen LogP contribution in [0.3, 0.4) is 0 Å². The van der Waals surface area contributed by atoms with E-state index in [0.29, 0.717) is 37.2 Å². The number of carboxylic acids is 2. The molecular weight excluding hydrogens is 420 g/mol. The molecule has 176 valence electrons. The van der Waals surface area contributed by atoms with E-state index in [1.54, 1.807) is 29.2 Å². The SMILES string of the molecule is CCOc1ccc(OC(=O)CN(CC=O)[C@H]2CCCC[C@@H]2N(CC(=O)O)CC(=O)O)cc1. The van der Waals surface area contributed by atoms with Crippen LogP contribution in [0.2, 0.25) is 0 Å². The number of carbonyl (C=O) groups excluding carboxylic acids is 2. The molecule has 1 aromatic carbocycles. The Labute approximate surface area is 186 Å². The summed E-state index contributed by atoms with van der Waals surface area (Å²) in [6, 6.07) is 5.83.